The molecule has 4 atom stereocenters. The molecule has 1 spiro atoms. The van der Waals surface area contributed by atoms with Crippen LogP contribution in [0.2, 0.25) is 0 Å². The van der Waals surface area contributed by atoms with Gasteiger partial charge in [-0.3, -0.25) is 4.57 Å². The number of benzene rings is 2. The Morgan fingerprint density at radius 3 is 2.59 bits per heavy atom. The summed E-state index contributed by atoms with van der Waals surface area (Å²) in [5.41, 5.74) is -0.199. The maximum Gasteiger partial charge on any atom is 0.205 e. The van der Waals surface area contributed by atoms with Crippen molar-refractivity contribution in [2.45, 2.75) is 36.8 Å². The van der Waals surface area contributed by atoms with E-state index in [-0.39, 0.29) is 11.8 Å². The molecule has 2 bridgehead atoms. The molecule has 2 saturated heterocycles. The Morgan fingerprint density at radius 1 is 1.10 bits per heavy atom. The van der Waals surface area contributed by atoms with Crippen LogP contribution in [0.5, 0.6) is 11.8 Å². The number of nitriles is 1. The highest BCUT2D eigenvalue weighted by molar-refractivity contribution is 5.95. The van der Waals surface area contributed by atoms with Crippen molar-refractivity contribution in [3.05, 3.63) is 53.1 Å². The van der Waals surface area contributed by atoms with Gasteiger partial charge in [0.1, 0.15) is 23.4 Å². The summed E-state index contributed by atoms with van der Waals surface area (Å²) in [6.07, 6.45) is -1.04. The van der Waals surface area contributed by atoms with E-state index in [4.69, 9.17) is 9.47 Å². The molecular weight excluding hydrogens is 372 g/mol. The molecule has 2 aromatic carbocycles. The SMILES string of the molecule is C[C@]12O[C@]3(CCO[C@H]3[C@@H]1O)c1c2c(O)n(-c2ccc(C#N)c3ccccc23)c1O. The van der Waals surface area contributed by atoms with Crippen LogP contribution < -0.4 is 0 Å². The lowest BCUT2D eigenvalue weighted by Crippen LogP contribution is -2.43. The number of ether oxygens (including phenoxy) is 2. The molecule has 7 nitrogen and oxygen atoms in total. The van der Waals surface area contributed by atoms with Gasteiger partial charge in [-0.15, -0.1) is 0 Å². The predicted molar refractivity (Wildman–Crippen MR) is 102 cm³/mol. The minimum Gasteiger partial charge on any atom is -0.494 e. The first-order valence-electron chi connectivity index (χ1n) is 9.53. The summed E-state index contributed by atoms with van der Waals surface area (Å²) in [4.78, 5) is 0. The molecule has 3 aliphatic rings. The third kappa shape index (κ3) is 1.70. The van der Waals surface area contributed by atoms with Crippen LogP contribution in [0.4, 0.5) is 0 Å². The van der Waals surface area contributed by atoms with Crippen LogP contribution in [-0.4, -0.2) is 38.7 Å². The Bertz CT molecular complexity index is 1260. The number of aromatic nitrogens is 1. The zero-order valence-corrected chi connectivity index (χ0v) is 15.6. The van der Waals surface area contributed by atoms with Gasteiger partial charge in [0.25, 0.3) is 0 Å². The van der Waals surface area contributed by atoms with Crippen molar-refractivity contribution >= 4 is 10.8 Å². The molecule has 29 heavy (non-hydrogen) atoms. The normalized spacial score (nSPS) is 31.8. The van der Waals surface area contributed by atoms with Gasteiger partial charge in [0.2, 0.25) is 11.8 Å². The van der Waals surface area contributed by atoms with Gasteiger partial charge in [-0.25, -0.2) is 0 Å². The van der Waals surface area contributed by atoms with E-state index in [2.05, 4.69) is 6.07 Å². The summed E-state index contributed by atoms with van der Waals surface area (Å²) >= 11 is 0. The maximum absolute atomic E-state index is 11.3. The van der Waals surface area contributed by atoms with Crippen LogP contribution in [0.15, 0.2) is 36.4 Å². The van der Waals surface area contributed by atoms with Gasteiger partial charge in [0.15, 0.2) is 0 Å². The van der Waals surface area contributed by atoms with E-state index in [1.165, 1.54) is 4.57 Å². The number of nitrogens with zero attached hydrogens (tertiary/aromatic N) is 2. The van der Waals surface area contributed by atoms with Crippen molar-refractivity contribution < 1.29 is 24.8 Å². The molecule has 3 aliphatic heterocycles. The van der Waals surface area contributed by atoms with Crippen LogP contribution in [0.25, 0.3) is 16.5 Å². The van der Waals surface area contributed by atoms with Crippen LogP contribution >= 0.6 is 0 Å². The van der Waals surface area contributed by atoms with Gasteiger partial charge in [0.05, 0.1) is 35.1 Å². The van der Waals surface area contributed by atoms with Crippen molar-refractivity contribution in [1.82, 2.24) is 4.57 Å². The Hall–Kier alpha value is -3.05. The van der Waals surface area contributed by atoms with E-state index in [1.807, 2.05) is 24.3 Å². The van der Waals surface area contributed by atoms with Crippen molar-refractivity contribution in [2.75, 3.05) is 6.61 Å². The van der Waals surface area contributed by atoms with Crippen molar-refractivity contribution in [3.8, 4) is 23.5 Å². The van der Waals surface area contributed by atoms with Gasteiger partial charge in [-0.05, 0) is 19.1 Å². The standard InChI is InChI=1S/C22H18N2O5/c1-21-15-16(22(29-21)8-9-28-18(22)17(21)25)20(27)24(19(15)26)14-7-6-11(10-23)12-4-2-3-5-13(12)14/h2-7,17-18,25-27H,8-9H2,1H3/t17-,18-,21+,22+/m0/s1. The molecule has 0 amide bonds. The topological polar surface area (TPSA) is 108 Å². The molecule has 3 N–H and O–H groups in total. The number of rotatable bonds is 1. The number of hydrogen-bond donors (Lipinski definition) is 3. The molecule has 0 unspecified atom stereocenters. The highest BCUT2D eigenvalue weighted by atomic mass is 16.6. The van der Waals surface area contributed by atoms with Crippen LogP contribution in [0.1, 0.15) is 30.0 Å². The average molecular weight is 390 g/mol. The second kappa shape index (κ2) is 5.10. The molecule has 3 aromatic rings. The van der Waals surface area contributed by atoms with Crippen molar-refractivity contribution in [1.29, 1.82) is 5.26 Å². The maximum atomic E-state index is 11.3. The van der Waals surface area contributed by atoms with Crippen LogP contribution in [0.3, 0.4) is 0 Å². The molecule has 0 saturated carbocycles. The van der Waals surface area contributed by atoms with E-state index >= 15 is 0 Å². The Labute approximate surface area is 165 Å². The van der Waals surface area contributed by atoms with E-state index < -0.39 is 23.4 Å². The zero-order chi connectivity index (χ0) is 20.1. The Morgan fingerprint density at radius 2 is 1.83 bits per heavy atom. The Balaban J connectivity index is 1.69. The monoisotopic (exact) mass is 390 g/mol. The fourth-order valence-corrected chi connectivity index (χ4v) is 5.54. The van der Waals surface area contributed by atoms with Crippen molar-refractivity contribution in [3.63, 3.8) is 0 Å². The number of aliphatic hydroxyl groups is 1. The molecule has 2 fully saturated rings. The molecule has 0 radical (unpaired) electrons. The largest absolute Gasteiger partial charge is 0.494 e. The molecular formula is C22H18N2O5. The second-order valence-electron chi connectivity index (χ2n) is 8.11. The Kier molecular flexibility index (Phi) is 2.97. The molecule has 0 aliphatic carbocycles. The lowest BCUT2D eigenvalue weighted by Gasteiger charge is -2.29. The third-order valence-corrected chi connectivity index (χ3v) is 6.78. The van der Waals surface area contributed by atoms with E-state index in [9.17, 15) is 20.6 Å². The number of fused-ring (bicyclic) bond motifs is 4. The first-order valence-corrected chi connectivity index (χ1v) is 9.53. The molecule has 146 valence electrons. The minimum atomic E-state index is -1.17. The van der Waals surface area contributed by atoms with Gasteiger partial charge in [-0.1, -0.05) is 24.3 Å². The third-order valence-electron chi connectivity index (χ3n) is 6.78. The molecule has 7 heteroatoms. The second-order valence-corrected chi connectivity index (χ2v) is 8.11. The quantitative estimate of drug-likeness (QED) is 0.589. The smallest absolute Gasteiger partial charge is 0.205 e. The first kappa shape index (κ1) is 16.9. The lowest BCUT2D eigenvalue weighted by atomic mass is 9.75. The summed E-state index contributed by atoms with van der Waals surface area (Å²) in [6, 6.07) is 12.9. The summed E-state index contributed by atoms with van der Waals surface area (Å²) < 4.78 is 13.3. The average Bonchev–Trinajstić information content (AvgIpc) is 3.39. The van der Waals surface area contributed by atoms with Gasteiger partial charge in [0, 0.05) is 17.2 Å². The first-order chi connectivity index (χ1) is 13.9. The number of aliphatic hydroxyl groups excluding tert-OH is 1. The van der Waals surface area contributed by atoms with Gasteiger partial charge >= 0.3 is 0 Å². The van der Waals surface area contributed by atoms with Gasteiger partial charge in [-0.2, -0.15) is 5.26 Å². The number of hydrogen-bond acceptors (Lipinski definition) is 6. The van der Waals surface area contributed by atoms with Gasteiger partial charge < -0.3 is 24.8 Å². The zero-order valence-electron chi connectivity index (χ0n) is 15.6. The fourth-order valence-electron chi connectivity index (χ4n) is 5.54. The lowest BCUT2D eigenvalue weighted by molar-refractivity contribution is -0.101. The fraction of sp³-hybridized carbons (Fsp3) is 0.318. The molecule has 4 heterocycles. The van der Waals surface area contributed by atoms with E-state index in [0.717, 1.165) is 10.8 Å². The van der Waals surface area contributed by atoms with E-state index in [1.54, 1.807) is 19.1 Å². The molecule has 1 aromatic heterocycles. The van der Waals surface area contributed by atoms with E-state index in [0.29, 0.717) is 35.4 Å². The molecule has 6 rings (SSSR count). The summed E-state index contributed by atoms with van der Waals surface area (Å²) in [6.45, 7) is 2.12. The highest BCUT2D eigenvalue weighted by Gasteiger charge is 2.73. The number of aromatic hydroxyl groups is 2. The van der Waals surface area contributed by atoms with Crippen LogP contribution in [0, 0.1) is 11.3 Å². The summed E-state index contributed by atoms with van der Waals surface area (Å²) in [5.74, 6) is -0.297. The van der Waals surface area contributed by atoms with Crippen LogP contribution in [-0.2, 0) is 20.7 Å². The summed E-state index contributed by atoms with van der Waals surface area (Å²) in [7, 11) is 0. The van der Waals surface area contributed by atoms with Crippen molar-refractivity contribution in [2.24, 2.45) is 0 Å². The predicted octanol–water partition coefficient (Wildman–Crippen LogP) is 2.52. The summed E-state index contributed by atoms with van der Waals surface area (Å²) in [5, 5.41) is 44.2. The highest BCUT2D eigenvalue weighted by Crippen LogP contribution is 2.67. The minimum absolute atomic E-state index is 0.126.